The van der Waals surface area contributed by atoms with Gasteiger partial charge >= 0.3 is 0 Å². The Morgan fingerprint density at radius 3 is 3.00 bits per heavy atom. The predicted molar refractivity (Wildman–Crippen MR) is 55.6 cm³/mol. The van der Waals surface area contributed by atoms with Crippen molar-refractivity contribution in [3.05, 3.63) is 23.3 Å². The molecule has 0 aromatic carbocycles. The maximum Gasteiger partial charge on any atom is 0.154 e. The van der Waals surface area contributed by atoms with Gasteiger partial charge in [-0.3, -0.25) is 0 Å². The molecule has 13 heavy (non-hydrogen) atoms. The average Bonchev–Trinajstić information content (AvgIpc) is 2.43. The zero-order valence-electron chi connectivity index (χ0n) is 7.87. The predicted octanol–water partition coefficient (Wildman–Crippen LogP) is 1.92. The summed E-state index contributed by atoms with van der Waals surface area (Å²) >= 11 is 5.88. The Balaban J connectivity index is 2.91. The summed E-state index contributed by atoms with van der Waals surface area (Å²) < 4.78 is 1.97. The molecule has 1 aromatic rings. The van der Waals surface area contributed by atoms with Crippen molar-refractivity contribution in [3.8, 4) is 0 Å². The van der Waals surface area contributed by atoms with E-state index in [0.29, 0.717) is 5.15 Å². The van der Waals surface area contributed by atoms with Gasteiger partial charge in [-0.25, -0.2) is 4.98 Å². The molecule has 0 saturated heterocycles. The van der Waals surface area contributed by atoms with E-state index in [0.717, 1.165) is 12.2 Å². The lowest BCUT2D eigenvalue weighted by atomic mass is 10.3. The normalized spacial score (nSPS) is 13.8. The molecule has 0 aliphatic rings. The van der Waals surface area contributed by atoms with E-state index >= 15 is 0 Å². The van der Waals surface area contributed by atoms with Crippen LogP contribution in [0.15, 0.2) is 12.4 Å². The largest absolute Gasteiger partial charge is 0.330 e. The van der Waals surface area contributed by atoms with Gasteiger partial charge in [-0.05, 0) is 19.9 Å². The Morgan fingerprint density at radius 1 is 1.77 bits per heavy atom. The molecule has 0 amide bonds. The second-order valence-corrected chi connectivity index (χ2v) is 3.28. The smallest absolute Gasteiger partial charge is 0.154 e. The summed E-state index contributed by atoms with van der Waals surface area (Å²) in [7, 11) is 0. The molecule has 0 saturated carbocycles. The number of hydrogen-bond donors (Lipinski definition) is 1. The lowest BCUT2D eigenvalue weighted by molar-refractivity contribution is 0.754. The summed E-state index contributed by atoms with van der Waals surface area (Å²) in [6.45, 7) is 4.82. The highest BCUT2D eigenvalue weighted by atomic mass is 35.5. The molecule has 72 valence electrons. The zero-order valence-corrected chi connectivity index (χ0v) is 8.62. The minimum absolute atomic E-state index is 0.0382. The third kappa shape index (κ3) is 2.57. The topological polar surface area (TPSA) is 43.8 Å². The summed E-state index contributed by atoms with van der Waals surface area (Å²) in [5.41, 5.74) is 6.51. The van der Waals surface area contributed by atoms with E-state index in [1.54, 1.807) is 6.33 Å². The van der Waals surface area contributed by atoms with E-state index in [2.05, 4.69) is 4.98 Å². The van der Waals surface area contributed by atoms with Crippen LogP contribution < -0.4 is 5.73 Å². The Labute approximate surface area is 83.2 Å². The van der Waals surface area contributed by atoms with Gasteiger partial charge in [0, 0.05) is 12.6 Å². The first kappa shape index (κ1) is 10.3. The molecule has 3 nitrogen and oxygen atoms in total. The summed E-state index contributed by atoms with van der Waals surface area (Å²) in [6.07, 6.45) is 5.53. The van der Waals surface area contributed by atoms with Crippen molar-refractivity contribution < 1.29 is 0 Å². The van der Waals surface area contributed by atoms with E-state index in [9.17, 15) is 0 Å². The van der Waals surface area contributed by atoms with Crippen molar-refractivity contribution in [2.24, 2.45) is 5.73 Å². The zero-order chi connectivity index (χ0) is 9.84. The van der Waals surface area contributed by atoms with Gasteiger partial charge in [0.15, 0.2) is 5.15 Å². The maximum atomic E-state index is 5.88. The third-order valence-corrected chi connectivity index (χ3v) is 2.02. The van der Waals surface area contributed by atoms with E-state index in [4.69, 9.17) is 17.3 Å². The average molecular weight is 200 g/mol. The molecular formula is C9H14ClN3. The molecule has 0 fully saturated rings. The van der Waals surface area contributed by atoms with Crippen molar-refractivity contribution in [1.29, 1.82) is 0 Å². The SMILES string of the molecule is CCn1cnc(Cl)c1/C=C/C(C)N. The second-order valence-electron chi connectivity index (χ2n) is 2.92. The molecule has 1 aromatic heterocycles. The van der Waals surface area contributed by atoms with E-state index in [-0.39, 0.29) is 6.04 Å². The molecule has 0 bridgehead atoms. The highest BCUT2D eigenvalue weighted by Gasteiger charge is 2.03. The van der Waals surface area contributed by atoms with Gasteiger partial charge in [0.05, 0.1) is 12.0 Å². The van der Waals surface area contributed by atoms with Crippen LogP contribution in [0.1, 0.15) is 19.5 Å². The Hall–Kier alpha value is -0.800. The van der Waals surface area contributed by atoms with Crippen LogP contribution in [0.3, 0.4) is 0 Å². The van der Waals surface area contributed by atoms with Gasteiger partial charge < -0.3 is 10.3 Å². The van der Waals surface area contributed by atoms with Crippen LogP contribution in [-0.2, 0) is 6.54 Å². The summed E-state index contributed by atoms with van der Waals surface area (Å²) in [5.74, 6) is 0. The number of imidazole rings is 1. The number of nitrogens with zero attached hydrogens (tertiary/aromatic N) is 2. The van der Waals surface area contributed by atoms with E-state index < -0.39 is 0 Å². The summed E-state index contributed by atoms with van der Waals surface area (Å²) in [5, 5.41) is 0.527. The van der Waals surface area contributed by atoms with E-state index in [1.165, 1.54) is 0 Å². The first-order valence-corrected chi connectivity index (χ1v) is 4.67. The quantitative estimate of drug-likeness (QED) is 0.809. The molecule has 2 N–H and O–H groups in total. The Morgan fingerprint density at radius 2 is 2.46 bits per heavy atom. The van der Waals surface area contributed by atoms with Gasteiger partial charge in [0.1, 0.15) is 0 Å². The number of hydrogen-bond acceptors (Lipinski definition) is 2. The van der Waals surface area contributed by atoms with Crippen molar-refractivity contribution in [1.82, 2.24) is 9.55 Å². The van der Waals surface area contributed by atoms with Crippen molar-refractivity contribution in [2.45, 2.75) is 26.4 Å². The molecule has 4 heteroatoms. The van der Waals surface area contributed by atoms with Gasteiger partial charge in [-0.1, -0.05) is 17.7 Å². The minimum atomic E-state index is 0.0382. The van der Waals surface area contributed by atoms with Gasteiger partial charge in [0.25, 0.3) is 0 Å². The van der Waals surface area contributed by atoms with Crippen LogP contribution >= 0.6 is 11.6 Å². The summed E-state index contributed by atoms with van der Waals surface area (Å²) in [4.78, 5) is 4.00. The van der Waals surface area contributed by atoms with Crippen molar-refractivity contribution in [2.75, 3.05) is 0 Å². The lowest BCUT2D eigenvalue weighted by Crippen LogP contribution is -2.10. The van der Waals surface area contributed by atoms with Crippen molar-refractivity contribution >= 4 is 17.7 Å². The van der Waals surface area contributed by atoms with Gasteiger partial charge in [-0.2, -0.15) is 0 Å². The number of halogens is 1. The van der Waals surface area contributed by atoms with Crippen molar-refractivity contribution in [3.63, 3.8) is 0 Å². The lowest BCUT2D eigenvalue weighted by Gasteiger charge is -2.00. The first-order chi connectivity index (χ1) is 6.15. The van der Waals surface area contributed by atoms with E-state index in [1.807, 2.05) is 30.6 Å². The highest BCUT2D eigenvalue weighted by Crippen LogP contribution is 2.15. The number of aryl methyl sites for hydroxylation is 1. The highest BCUT2D eigenvalue weighted by molar-refractivity contribution is 6.30. The fourth-order valence-corrected chi connectivity index (χ4v) is 1.24. The molecule has 0 spiro atoms. The molecule has 1 unspecified atom stereocenters. The van der Waals surface area contributed by atoms with Crippen LogP contribution in [0, 0.1) is 0 Å². The monoisotopic (exact) mass is 199 g/mol. The fraction of sp³-hybridized carbons (Fsp3) is 0.444. The molecule has 0 radical (unpaired) electrons. The Kier molecular flexibility index (Phi) is 3.51. The number of rotatable bonds is 3. The van der Waals surface area contributed by atoms with Crippen LogP contribution in [0.25, 0.3) is 6.08 Å². The van der Waals surface area contributed by atoms with Crippen LogP contribution in [-0.4, -0.2) is 15.6 Å². The van der Waals surface area contributed by atoms with Crippen LogP contribution in [0.5, 0.6) is 0 Å². The van der Waals surface area contributed by atoms with Crippen LogP contribution in [0.4, 0.5) is 0 Å². The molecular weight excluding hydrogens is 186 g/mol. The molecule has 1 rings (SSSR count). The summed E-state index contributed by atoms with van der Waals surface area (Å²) in [6, 6.07) is 0.0382. The molecule has 0 aliphatic carbocycles. The maximum absolute atomic E-state index is 5.88. The van der Waals surface area contributed by atoms with Crippen LogP contribution in [0.2, 0.25) is 5.15 Å². The van der Waals surface area contributed by atoms with Gasteiger partial charge in [-0.15, -0.1) is 0 Å². The molecule has 1 heterocycles. The fourth-order valence-electron chi connectivity index (χ4n) is 1.03. The third-order valence-electron chi connectivity index (χ3n) is 1.73. The first-order valence-electron chi connectivity index (χ1n) is 4.29. The standard InChI is InChI=1S/C9H14ClN3/c1-3-13-6-12-9(10)8(13)5-4-7(2)11/h4-7H,3,11H2,1-2H3/b5-4+. The second kappa shape index (κ2) is 4.44. The molecule has 1 atom stereocenters. The number of aromatic nitrogens is 2. The molecule has 0 aliphatic heterocycles. The van der Waals surface area contributed by atoms with Gasteiger partial charge in [0.2, 0.25) is 0 Å². The minimum Gasteiger partial charge on any atom is -0.330 e. The number of nitrogens with two attached hydrogens (primary N) is 1. The Bertz CT molecular complexity index is 302.